The van der Waals surface area contributed by atoms with Crippen molar-refractivity contribution in [2.75, 3.05) is 13.2 Å². The number of hydrogen-bond acceptors (Lipinski definition) is 3. The summed E-state index contributed by atoms with van der Waals surface area (Å²) in [5.41, 5.74) is 6.16. The Labute approximate surface area is 156 Å². The van der Waals surface area contributed by atoms with E-state index in [9.17, 15) is 14.0 Å². The second-order valence-corrected chi connectivity index (χ2v) is 6.23. The zero-order chi connectivity index (χ0) is 18.9. The number of carbonyl (C=O) groups excluding carboxylic acids is 2. The maximum Gasteiger partial charge on any atom is 0.223 e. The van der Waals surface area contributed by atoms with Gasteiger partial charge in [-0.1, -0.05) is 29.8 Å². The zero-order valence-electron chi connectivity index (χ0n) is 14.1. The van der Waals surface area contributed by atoms with E-state index in [0.29, 0.717) is 17.2 Å². The summed E-state index contributed by atoms with van der Waals surface area (Å²) in [4.78, 5) is 23.5. The van der Waals surface area contributed by atoms with Gasteiger partial charge in [0.15, 0.2) is 0 Å². The molecular weight excluding hydrogens is 359 g/mol. The summed E-state index contributed by atoms with van der Waals surface area (Å²) >= 11 is 5.85. The van der Waals surface area contributed by atoms with Crippen molar-refractivity contribution >= 4 is 23.4 Å². The lowest BCUT2D eigenvalue weighted by atomic mass is 9.98. The minimum absolute atomic E-state index is 0.114. The SMILES string of the molecule is NC(=O)C(CNC(=O)CCOc1cccc(Cl)c1)Cc1ccc(F)cc1. The Morgan fingerprint density at radius 2 is 1.92 bits per heavy atom. The second-order valence-electron chi connectivity index (χ2n) is 5.79. The number of ether oxygens (including phenoxy) is 1. The molecule has 1 unspecified atom stereocenters. The first-order chi connectivity index (χ1) is 12.4. The molecule has 0 bridgehead atoms. The van der Waals surface area contributed by atoms with Crippen LogP contribution in [0.5, 0.6) is 5.75 Å². The van der Waals surface area contributed by atoms with Gasteiger partial charge in [-0.15, -0.1) is 0 Å². The molecule has 0 saturated heterocycles. The molecule has 0 aliphatic rings. The van der Waals surface area contributed by atoms with Crippen LogP contribution in [0.3, 0.4) is 0 Å². The standard InChI is InChI=1S/C19H20ClFN2O3/c20-15-2-1-3-17(11-15)26-9-8-18(24)23-12-14(19(22)25)10-13-4-6-16(21)7-5-13/h1-7,11,14H,8-10,12H2,(H2,22,25)(H,23,24). The average molecular weight is 379 g/mol. The number of nitrogens with one attached hydrogen (secondary N) is 1. The molecule has 0 fully saturated rings. The van der Waals surface area contributed by atoms with Crippen molar-refractivity contribution in [2.24, 2.45) is 11.7 Å². The highest BCUT2D eigenvalue weighted by Crippen LogP contribution is 2.17. The van der Waals surface area contributed by atoms with Crippen molar-refractivity contribution in [3.8, 4) is 5.75 Å². The highest BCUT2D eigenvalue weighted by atomic mass is 35.5. The fraction of sp³-hybridized carbons (Fsp3) is 0.263. The maximum absolute atomic E-state index is 12.9. The van der Waals surface area contributed by atoms with Crippen LogP contribution in [0, 0.1) is 11.7 Å². The minimum atomic E-state index is -0.571. The Balaban J connectivity index is 1.76. The summed E-state index contributed by atoms with van der Waals surface area (Å²) in [6, 6.07) is 12.7. The number of rotatable bonds is 9. The van der Waals surface area contributed by atoms with Gasteiger partial charge in [0.1, 0.15) is 11.6 Å². The Kier molecular flexibility index (Phi) is 7.41. The lowest BCUT2D eigenvalue weighted by Gasteiger charge is -2.15. The molecule has 3 N–H and O–H groups in total. The van der Waals surface area contributed by atoms with E-state index in [-0.39, 0.29) is 31.3 Å². The molecule has 2 aromatic carbocycles. The molecule has 0 heterocycles. The van der Waals surface area contributed by atoms with E-state index >= 15 is 0 Å². The predicted octanol–water partition coefficient (Wildman–Crippen LogP) is 2.71. The van der Waals surface area contributed by atoms with Gasteiger partial charge < -0.3 is 15.8 Å². The monoisotopic (exact) mass is 378 g/mol. The summed E-state index contributed by atoms with van der Waals surface area (Å²) < 4.78 is 18.4. The van der Waals surface area contributed by atoms with Crippen molar-refractivity contribution < 1.29 is 18.7 Å². The van der Waals surface area contributed by atoms with E-state index in [4.69, 9.17) is 22.1 Å². The van der Waals surface area contributed by atoms with Gasteiger partial charge in [0.05, 0.1) is 18.9 Å². The number of amides is 2. The van der Waals surface area contributed by atoms with Crippen LogP contribution in [0.2, 0.25) is 5.02 Å². The van der Waals surface area contributed by atoms with Gasteiger partial charge in [-0.25, -0.2) is 4.39 Å². The molecule has 0 saturated carbocycles. The molecule has 0 aliphatic heterocycles. The Bertz CT molecular complexity index is 753. The molecule has 2 amide bonds. The number of primary amides is 1. The second kappa shape index (κ2) is 9.77. The number of hydrogen-bond donors (Lipinski definition) is 2. The third kappa shape index (κ3) is 6.72. The molecule has 7 heteroatoms. The quantitative estimate of drug-likeness (QED) is 0.704. The fourth-order valence-corrected chi connectivity index (χ4v) is 2.50. The van der Waals surface area contributed by atoms with Crippen molar-refractivity contribution in [1.82, 2.24) is 5.32 Å². The molecule has 5 nitrogen and oxygen atoms in total. The zero-order valence-corrected chi connectivity index (χ0v) is 14.8. The minimum Gasteiger partial charge on any atom is -0.493 e. The first-order valence-corrected chi connectivity index (χ1v) is 8.50. The van der Waals surface area contributed by atoms with Crippen LogP contribution in [-0.2, 0) is 16.0 Å². The van der Waals surface area contributed by atoms with Gasteiger partial charge in [-0.05, 0) is 42.3 Å². The highest BCUT2D eigenvalue weighted by Gasteiger charge is 2.17. The van der Waals surface area contributed by atoms with Crippen molar-refractivity contribution in [3.05, 3.63) is 64.9 Å². The molecule has 0 radical (unpaired) electrons. The topological polar surface area (TPSA) is 81.4 Å². The summed E-state index contributed by atoms with van der Waals surface area (Å²) in [5, 5.41) is 3.23. The third-order valence-corrected chi connectivity index (χ3v) is 3.97. The molecule has 0 aromatic heterocycles. The van der Waals surface area contributed by atoms with E-state index in [0.717, 1.165) is 5.56 Å². The average Bonchev–Trinajstić information content (AvgIpc) is 2.60. The Morgan fingerprint density at radius 3 is 2.58 bits per heavy atom. The van der Waals surface area contributed by atoms with E-state index < -0.39 is 11.8 Å². The molecule has 2 aromatic rings. The first-order valence-electron chi connectivity index (χ1n) is 8.13. The predicted molar refractivity (Wildman–Crippen MR) is 97.4 cm³/mol. The number of halogens is 2. The van der Waals surface area contributed by atoms with Gasteiger partial charge in [-0.2, -0.15) is 0 Å². The van der Waals surface area contributed by atoms with Gasteiger partial charge >= 0.3 is 0 Å². The number of benzene rings is 2. The van der Waals surface area contributed by atoms with E-state index in [1.54, 1.807) is 36.4 Å². The van der Waals surface area contributed by atoms with E-state index in [2.05, 4.69) is 5.32 Å². The molecular formula is C19H20ClFN2O3. The van der Waals surface area contributed by atoms with E-state index in [1.165, 1.54) is 12.1 Å². The van der Waals surface area contributed by atoms with Gasteiger partial charge in [-0.3, -0.25) is 9.59 Å². The summed E-state index contributed by atoms with van der Waals surface area (Å²) in [6.45, 7) is 0.300. The van der Waals surface area contributed by atoms with Crippen molar-refractivity contribution in [3.63, 3.8) is 0 Å². The third-order valence-electron chi connectivity index (χ3n) is 3.74. The molecule has 0 spiro atoms. The Hall–Kier alpha value is -2.60. The first kappa shape index (κ1) is 19.7. The Morgan fingerprint density at radius 1 is 1.19 bits per heavy atom. The van der Waals surface area contributed by atoms with Crippen molar-refractivity contribution in [2.45, 2.75) is 12.8 Å². The molecule has 26 heavy (non-hydrogen) atoms. The van der Waals surface area contributed by atoms with Crippen LogP contribution in [0.4, 0.5) is 4.39 Å². The summed E-state index contributed by atoms with van der Waals surface area (Å²) in [6.07, 6.45) is 0.462. The summed E-state index contributed by atoms with van der Waals surface area (Å²) in [5.74, 6) is -1.12. The van der Waals surface area contributed by atoms with Crippen LogP contribution < -0.4 is 15.8 Å². The fourth-order valence-electron chi connectivity index (χ4n) is 2.32. The van der Waals surface area contributed by atoms with E-state index in [1.807, 2.05) is 0 Å². The summed E-state index contributed by atoms with van der Waals surface area (Å²) in [7, 11) is 0. The van der Waals surface area contributed by atoms with Gasteiger partial charge in [0, 0.05) is 11.6 Å². The maximum atomic E-state index is 12.9. The normalized spacial score (nSPS) is 11.6. The largest absolute Gasteiger partial charge is 0.493 e. The smallest absolute Gasteiger partial charge is 0.223 e. The number of carbonyl (C=O) groups is 2. The molecule has 0 aliphatic carbocycles. The lowest BCUT2D eigenvalue weighted by Crippen LogP contribution is -2.37. The van der Waals surface area contributed by atoms with Crippen LogP contribution in [-0.4, -0.2) is 25.0 Å². The lowest BCUT2D eigenvalue weighted by molar-refractivity contribution is -0.123. The molecule has 2 rings (SSSR count). The highest BCUT2D eigenvalue weighted by molar-refractivity contribution is 6.30. The van der Waals surface area contributed by atoms with Crippen LogP contribution in [0.25, 0.3) is 0 Å². The number of nitrogens with two attached hydrogens (primary N) is 1. The molecule has 1 atom stereocenters. The van der Waals surface area contributed by atoms with Gasteiger partial charge in [0.2, 0.25) is 11.8 Å². The van der Waals surface area contributed by atoms with Gasteiger partial charge in [0.25, 0.3) is 0 Å². The van der Waals surface area contributed by atoms with Crippen LogP contribution >= 0.6 is 11.6 Å². The molecule has 138 valence electrons. The van der Waals surface area contributed by atoms with Crippen LogP contribution in [0.1, 0.15) is 12.0 Å². The van der Waals surface area contributed by atoms with Crippen LogP contribution in [0.15, 0.2) is 48.5 Å². The van der Waals surface area contributed by atoms with Crippen molar-refractivity contribution in [1.29, 1.82) is 0 Å².